The first kappa shape index (κ1) is 18.5. The zero-order valence-corrected chi connectivity index (χ0v) is 15.6. The number of hydrogen-bond acceptors (Lipinski definition) is 7. The van der Waals surface area contributed by atoms with Crippen LogP contribution >= 0.6 is 12.2 Å². The van der Waals surface area contributed by atoms with Gasteiger partial charge in [0.25, 0.3) is 0 Å². The van der Waals surface area contributed by atoms with Crippen LogP contribution in [0.3, 0.4) is 0 Å². The van der Waals surface area contributed by atoms with Crippen molar-refractivity contribution in [2.24, 2.45) is 5.10 Å². The van der Waals surface area contributed by atoms with Crippen molar-refractivity contribution in [3.63, 3.8) is 0 Å². The predicted molar refractivity (Wildman–Crippen MR) is 102 cm³/mol. The SMILES string of the molecule is CCc1n[nH]c(=S)n1/N=C\c1ccc(OC(=O)c2cccnc2)c(OC)c1. The van der Waals surface area contributed by atoms with Crippen LogP contribution in [0.5, 0.6) is 11.5 Å². The van der Waals surface area contributed by atoms with Crippen LogP contribution in [0, 0.1) is 4.77 Å². The molecule has 0 saturated carbocycles. The molecule has 0 saturated heterocycles. The van der Waals surface area contributed by atoms with Gasteiger partial charge in [-0.3, -0.25) is 10.1 Å². The molecule has 2 heterocycles. The Bertz CT molecular complexity index is 1030. The molecule has 0 radical (unpaired) electrons. The Labute approximate surface area is 160 Å². The summed E-state index contributed by atoms with van der Waals surface area (Å²) in [5.41, 5.74) is 1.10. The van der Waals surface area contributed by atoms with E-state index < -0.39 is 5.97 Å². The van der Waals surface area contributed by atoms with Crippen LogP contribution in [0.1, 0.15) is 28.7 Å². The highest BCUT2D eigenvalue weighted by Crippen LogP contribution is 2.28. The van der Waals surface area contributed by atoms with Crippen LogP contribution in [-0.2, 0) is 6.42 Å². The van der Waals surface area contributed by atoms with Gasteiger partial charge in [0.2, 0.25) is 4.77 Å². The van der Waals surface area contributed by atoms with Gasteiger partial charge in [-0.25, -0.2) is 4.79 Å². The molecule has 0 bridgehead atoms. The molecule has 0 unspecified atom stereocenters. The van der Waals surface area contributed by atoms with E-state index in [1.807, 2.05) is 6.92 Å². The van der Waals surface area contributed by atoms with Gasteiger partial charge in [0.05, 0.1) is 18.9 Å². The number of ether oxygens (including phenoxy) is 2. The number of benzene rings is 1. The summed E-state index contributed by atoms with van der Waals surface area (Å²) in [4.78, 5) is 16.1. The zero-order valence-electron chi connectivity index (χ0n) is 14.7. The molecule has 8 nitrogen and oxygen atoms in total. The summed E-state index contributed by atoms with van der Waals surface area (Å²) in [5, 5.41) is 11.2. The molecular formula is C18H17N5O3S. The Balaban J connectivity index is 1.82. The van der Waals surface area contributed by atoms with E-state index in [1.54, 1.807) is 47.4 Å². The molecule has 0 spiro atoms. The molecule has 27 heavy (non-hydrogen) atoms. The quantitative estimate of drug-likeness (QED) is 0.304. The molecule has 3 rings (SSSR count). The number of nitrogens with zero attached hydrogens (tertiary/aromatic N) is 4. The summed E-state index contributed by atoms with van der Waals surface area (Å²) in [6, 6.07) is 8.41. The maximum atomic E-state index is 12.2. The fraction of sp³-hybridized carbons (Fsp3) is 0.167. The van der Waals surface area contributed by atoms with Gasteiger partial charge in [-0.15, -0.1) is 0 Å². The van der Waals surface area contributed by atoms with Crippen molar-refractivity contribution in [1.29, 1.82) is 0 Å². The van der Waals surface area contributed by atoms with E-state index in [-0.39, 0.29) is 0 Å². The summed E-state index contributed by atoms with van der Waals surface area (Å²) in [5.74, 6) is 0.922. The molecule has 2 aromatic heterocycles. The van der Waals surface area contributed by atoms with E-state index in [0.717, 1.165) is 11.4 Å². The Morgan fingerprint density at radius 1 is 1.37 bits per heavy atom. The minimum absolute atomic E-state index is 0.303. The number of esters is 1. The second-order valence-electron chi connectivity index (χ2n) is 5.40. The third-order valence-electron chi connectivity index (χ3n) is 3.64. The van der Waals surface area contributed by atoms with Crippen molar-refractivity contribution < 1.29 is 14.3 Å². The number of pyridine rings is 1. The average Bonchev–Trinajstić information content (AvgIpc) is 3.07. The van der Waals surface area contributed by atoms with Gasteiger partial charge >= 0.3 is 5.97 Å². The summed E-state index contributed by atoms with van der Waals surface area (Å²) in [7, 11) is 1.50. The molecule has 1 aromatic carbocycles. The maximum Gasteiger partial charge on any atom is 0.345 e. The third-order valence-corrected chi connectivity index (χ3v) is 3.91. The summed E-state index contributed by atoms with van der Waals surface area (Å²) in [6.45, 7) is 1.96. The van der Waals surface area contributed by atoms with E-state index in [2.05, 4.69) is 20.3 Å². The summed E-state index contributed by atoms with van der Waals surface area (Å²) >= 11 is 5.16. The molecule has 138 valence electrons. The number of carbonyl (C=O) groups is 1. The number of hydrogen-bond donors (Lipinski definition) is 1. The van der Waals surface area contributed by atoms with Crippen LogP contribution in [0.25, 0.3) is 0 Å². The zero-order chi connectivity index (χ0) is 19.2. The number of methoxy groups -OCH3 is 1. The van der Waals surface area contributed by atoms with Crippen molar-refractivity contribution in [3.05, 3.63) is 64.4 Å². The van der Waals surface area contributed by atoms with Crippen molar-refractivity contribution >= 4 is 24.4 Å². The first-order valence-electron chi connectivity index (χ1n) is 8.13. The van der Waals surface area contributed by atoms with Gasteiger partial charge in [-0.05, 0) is 48.1 Å². The van der Waals surface area contributed by atoms with Gasteiger partial charge in [0.15, 0.2) is 17.3 Å². The van der Waals surface area contributed by atoms with Crippen molar-refractivity contribution in [2.75, 3.05) is 7.11 Å². The maximum absolute atomic E-state index is 12.2. The molecule has 0 amide bonds. The van der Waals surface area contributed by atoms with Gasteiger partial charge in [-0.1, -0.05) is 6.92 Å². The number of H-pyrrole nitrogens is 1. The number of nitrogens with one attached hydrogen (secondary N) is 1. The molecule has 0 atom stereocenters. The lowest BCUT2D eigenvalue weighted by atomic mass is 10.2. The van der Waals surface area contributed by atoms with Crippen LogP contribution in [0.4, 0.5) is 0 Å². The predicted octanol–water partition coefficient (Wildman–Crippen LogP) is 3.01. The van der Waals surface area contributed by atoms with Gasteiger partial charge in [0.1, 0.15) is 0 Å². The molecule has 9 heteroatoms. The molecule has 0 aliphatic rings. The number of rotatable bonds is 6. The Kier molecular flexibility index (Phi) is 5.72. The van der Waals surface area contributed by atoms with Crippen molar-refractivity contribution in [3.8, 4) is 11.5 Å². The van der Waals surface area contributed by atoms with Crippen LogP contribution < -0.4 is 9.47 Å². The van der Waals surface area contributed by atoms with Crippen LogP contribution in [0.2, 0.25) is 0 Å². The topological polar surface area (TPSA) is 94.4 Å². The normalized spacial score (nSPS) is 10.9. The van der Waals surface area contributed by atoms with Crippen molar-refractivity contribution in [1.82, 2.24) is 19.9 Å². The highest BCUT2D eigenvalue weighted by Gasteiger charge is 2.13. The number of aromatic nitrogens is 4. The first-order valence-corrected chi connectivity index (χ1v) is 8.54. The Morgan fingerprint density at radius 2 is 2.22 bits per heavy atom. The number of aryl methyl sites for hydroxylation is 1. The van der Waals surface area contributed by atoms with Crippen molar-refractivity contribution in [2.45, 2.75) is 13.3 Å². The van der Waals surface area contributed by atoms with E-state index in [4.69, 9.17) is 21.7 Å². The summed E-state index contributed by atoms with van der Waals surface area (Å²) in [6.07, 6.45) is 5.34. The molecule has 0 fully saturated rings. The number of aromatic amines is 1. The molecule has 1 N–H and O–H groups in total. The highest BCUT2D eigenvalue weighted by molar-refractivity contribution is 7.71. The fourth-order valence-corrected chi connectivity index (χ4v) is 2.49. The molecule has 0 aliphatic carbocycles. The van der Waals surface area contributed by atoms with Gasteiger partial charge in [-0.2, -0.15) is 14.9 Å². The minimum Gasteiger partial charge on any atom is -0.493 e. The first-order chi connectivity index (χ1) is 13.1. The smallest absolute Gasteiger partial charge is 0.345 e. The lowest BCUT2D eigenvalue weighted by molar-refractivity contribution is 0.0729. The lowest BCUT2D eigenvalue weighted by Crippen LogP contribution is -2.09. The Morgan fingerprint density at radius 3 is 2.93 bits per heavy atom. The monoisotopic (exact) mass is 383 g/mol. The van der Waals surface area contributed by atoms with Crippen LogP contribution in [0.15, 0.2) is 47.8 Å². The minimum atomic E-state index is -0.514. The van der Waals surface area contributed by atoms with E-state index in [1.165, 1.54) is 13.3 Å². The number of carbonyl (C=O) groups excluding carboxylic acids is 1. The lowest BCUT2D eigenvalue weighted by Gasteiger charge is -2.09. The second-order valence-corrected chi connectivity index (χ2v) is 5.78. The van der Waals surface area contributed by atoms with E-state index >= 15 is 0 Å². The average molecular weight is 383 g/mol. The molecular weight excluding hydrogens is 366 g/mol. The third kappa shape index (κ3) is 4.26. The summed E-state index contributed by atoms with van der Waals surface area (Å²) < 4.78 is 12.7. The van der Waals surface area contributed by atoms with Gasteiger partial charge in [0, 0.05) is 18.8 Å². The second kappa shape index (κ2) is 8.37. The molecule has 3 aromatic rings. The van der Waals surface area contributed by atoms with Crippen LogP contribution in [-0.4, -0.2) is 39.2 Å². The highest BCUT2D eigenvalue weighted by atomic mass is 32.1. The van der Waals surface area contributed by atoms with E-state index in [0.29, 0.717) is 28.3 Å². The van der Waals surface area contributed by atoms with E-state index in [9.17, 15) is 4.79 Å². The molecule has 0 aliphatic heterocycles. The standard InChI is InChI=1S/C18H17N5O3S/c1-3-16-21-22-18(27)23(16)20-10-12-6-7-14(15(9-12)25-2)26-17(24)13-5-4-8-19-11-13/h4-11H,3H2,1-2H3,(H,22,27)/b20-10-. The van der Waals surface area contributed by atoms with Gasteiger partial charge < -0.3 is 9.47 Å². The Hall–Kier alpha value is -3.33. The largest absolute Gasteiger partial charge is 0.493 e. The fourth-order valence-electron chi connectivity index (χ4n) is 2.29.